The van der Waals surface area contributed by atoms with Gasteiger partial charge < -0.3 is 4.74 Å². The summed E-state index contributed by atoms with van der Waals surface area (Å²) >= 11 is 0. The van der Waals surface area contributed by atoms with Crippen molar-refractivity contribution in [3.8, 4) is 0 Å². The van der Waals surface area contributed by atoms with Crippen molar-refractivity contribution in [3.63, 3.8) is 0 Å². The third-order valence-electron chi connectivity index (χ3n) is 2.02. The fourth-order valence-corrected chi connectivity index (χ4v) is 1.70. The summed E-state index contributed by atoms with van der Waals surface area (Å²) in [7, 11) is -5.00. The van der Waals surface area contributed by atoms with E-state index in [1.54, 1.807) is 0 Å². The van der Waals surface area contributed by atoms with Gasteiger partial charge in [-0.05, 0) is 5.56 Å². The van der Waals surface area contributed by atoms with Gasteiger partial charge in [-0.2, -0.15) is 21.6 Å². The summed E-state index contributed by atoms with van der Waals surface area (Å²) in [6.07, 6.45) is -2.00. The van der Waals surface area contributed by atoms with Crippen LogP contribution in [0.2, 0.25) is 0 Å². The molecule has 0 unspecified atom stereocenters. The van der Waals surface area contributed by atoms with Crippen LogP contribution in [0.3, 0.4) is 0 Å². The van der Waals surface area contributed by atoms with Gasteiger partial charge in [-0.15, -0.1) is 0 Å². The van der Waals surface area contributed by atoms with E-state index in [4.69, 9.17) is 0 Å². The molecule has 0 saturated carbocycles. The van der Waals surface area contributed by atoms with E-state index in [9.17, 15) is 26.4 Å². The Bertz CT molecular complexity index is 538. The van der Waals surface area contributed by atoms with Crippen LogP contribution in [0.4, 0.5) is 13.2 Å². The average molecular weight is 298 g/mol. The number of rotatable bonds is 4. The highest BCUT2D eigenvalue weighted by Gasteiger charge is 2.50. The minimum Gasteiger partial charge on any atom is -0.467 e. The van der Waals surface area contributed by atoms with Gasteiger partial charge in [0.1, 0.15) is 0 Å². The van der Waals surface area contributed by atoms with Crippen molar-refractivity contribution in [1.29, 1.82) is 0 Å². The highest BCUT2D eigenvalue weighted by molar-refractivity contribution is 7.87. The van der Waals surface area contributed by atoms with Crippen LogP contribution in [0.25, 0.3) is 0 Å². The van der Waals surface area contributed by atoms with Crippen molar-refractivity contribution in [2.45, 2.75) is 11.6 Å². The lowest BCUT2D eigenvalue weighted by molar-refractivity contribution is -0.149. The maximum absolute atomic E-state index is 12.2. The molecule has 5 nitrogen and oxygen atoms in total. The van der Waals surface area contributed by atoms with Crippen LogP contribution in [-0.4, -0.2) is 27.0 Å². The topological polar surface area (TPSA) is 69.7 Å². The largest absolute Gasteiger partial charge is 0.523 e. The Morgan fingerprint density at radius 3 is 2.16 bits per heavy atom. The number of carbonyl (C=O) groups excluding carboxylic acids is 1. The van der Waals surface area contributed by atoms with Gasteiger partial charge in [0.2, 0.25) is 0 Å². The van der Waals surface area contributed by atoms with Crippen LogP contribution >= 0.6 is 0 Å². The molecule has 1 aromatic carbocycles. The number of methoxy groups -OCH3 is 1. The number of carbonyl (C=O) groups is 1. The van der Waals surface area contributed by atoms with E-state index in [-0.39, 0.29) is 5.56 Å². The normalized spacial score (nSPS) is 13.9. The van der Waals surface area contributed by atoms with Crippen molar-refractivity contribution < 1.29 is 35.3 Å². The predicted octanol–water partition coefficient (Wildman–Crippen LogP) is 1.77. The summed E-state index contributed by atoms with van der Waals surface area (Å²) < 4.78 is 66.6. The number of alkyl halides is 3. The second-order valence-corrected chi connectivity index (χ2v) is 4.87. The van der Waals surface area contributed by atoms with Gasteiger partial charge in [0.25, 0.3) is 0 Å². The van der Waals surface area contributed by atoms with Crippen molar-refractivity contribution >= 4 is 16.1 Å². The fraction of sp³-hybridized carbons (Fsp3) is 0.300. The molecule has 0 fully saturated rings. The Morgan fingerprint density at radius 2 is 1.74 bits per heavy atom. The van der Waals surface area contributed by atoms with Crippen molar-refractivity contribution in [1.82, 2.24) is 0 Å². The van der Waals surface area contributed by atoms with Crippen LogP contribution in [0.5, 0.6) is 0 Å². The summed E-state index contributed by atoms with van der Waals surface area (Å²) in [5.74, 6) is -1.25. The molecule has 0 aliphatic heterocycles. The Labute approximate surface area is 107 Å². The molecule has 0 saturated heterocycles. The summed E-state index contributed by atoms with van der Waals surface area (Å²) in [6.45, 7) is 0. The monoisotopic (exact) mass is 298 g/mol. The number of benzene rings is 1. The van der Waals surface area contributed by atoms with Gasteiger partial charge in [-0.3, -0.25) is 0 Å². The molecular weight excluding hydrogens is 289 g/mol. The fourth-order valence-electron chi connectivity index (χ4n) is 1.15. The van der Waals surface area contributed by atoms with Crippen LogP contribution in [-0.2, 0) is 23.8 Å². The number of halogens is 3. The van der Waals surface area contributed by atoms with Gasteiger partial charge in [-0.25, -0.2) is 8.98 Å². The second-order valence-electron chi connectivity index (χ2n) is 3.31. The lowest BCUT2D eigenvalue weighted by atomic mass is 10.1. The maximum atomic E-state index is 12.2. The van der Waals surface area contributed by atoms with Gasteiger partial charge in [-0.1, -0.05) is 30.3 Å². The number of hydrogen-bond donors (Lipinski definition) is 0. The number of ether oxygens (including phenoxy) is 1. The molecule has 0 radical (unpaired) electrons. The van der Waals surface area contributed by atoms with Gasteiger partial charge in [0, 0.05) is 0 Å². The van der Waals surface area contributed by atoms with E-state index in [0.29, 0.717) is 0 Å². The number of esters is 1. The minimum absolute atomic E-state index is 0.0674. The lowest BCUT2D eigenvalue weighted by Crippen LogP contribution is -2.30. The highest BCUT2D eigenvalue weighted by atomic mass is 32.2. The van der Waals surface area contributed by atoms with E-state index < -0.39 is 27.7 Å². The van der Waals surface area contributed by atoms with Crippen molar-refractivity contribution in [2.24, 2.45) is 0 Å². The molecular formula is C10H9F3O5S. The molecule has 0 aliphatic carbocycles. The molecule has 19 heavy (non-hydrogen) atoms. The predicted molar refractivity (Wildman–Crippen MR) is 57.3 cm³/mol. The van der Waals surface area contributed by atoms with E-state index in [1.165, 1.54) is 30.3 Å². The van der Waals surface area contributed by atoms with Gasteiger partial charge in [0.15, 0.2) is 6.10 Å². The zero-order valence-electron chi connectivity index (χ0n) is 9.55. The Morgan fingerprint density at radius 1 is 1.21 bits per heavy atom. The zero-order valence-corrected chi connectivity index (χ0v) is 10.4. The van der Waals surface area contributed by atoms with Crippen LogP contribution in [0.15, 0.2) is 30.3 Å². The van der Waals surface area contributed by atoms with Crippen LogP contribution < -0.4 is 0 Å². The molecule has 1 aromatic rings. The molecule has 0 heterocycles. The molecule has 0 aliphatic rings. The first-order chi connectivity index (χ1) is 8.69. The molecule has 1 rings (SSSR count). The van der Waals surface area contributed by atoms with E-state index in [2.05, 4.69) is 8.92 Å². The molecule has 1 atom stereocenters. The smallest absolute Gasteiger partial charge is 0.467 e. The first-order valence-corrected chi connectivity index (χ1v) is 6.22. The van der Waals surface area contributed by atoms with E-state index in [1.807, 2.05) is 0 Å². The first kappa shape index (κ1) is 15.4. The molecule has 0 spiro atoms. The molecule has 0 aromatic heterocycles. The minimum atomic E-state index is -5.90. The number of hydrogen-bond acceptors (Lipinski definition) is 5. The maximum Gasteiger partial charge on any atom is 0.523 e. The zero-order chi connectivity index (χ0) is 14.7. The van der Waals surface area contributed by atoms with Gasteiger partial charge >= 0.3 is 21.6 Å². The summed E-state index contributed by atoms with van der Waals surface area (Å²) in [5.41, 5.74) is -5.68. The van der Waals surface area contributed by atoms with Crippen LogP contribution in [0.1, 0.15) is 11.7 Å². The van der Waals surface area contributed by atoms with Crippen LogP contribution in [0, 0.1) is 0 Å². The standard InChI is InChI=1S/C10H9F3O5S/c1-17-9(14)8(7-5-3-2-4-6-7)18-19(15,16)10(11,12)13/h2-6,8H,1H3/t8-/m0/s1. The third-order valence-corrected chi connectivity index (χ3v) is 3.04. The molecule has 0 amide bonds. The molecule has 9 heteroatoms. The Kier molecular flexibility index (Phi) is 4.53. The van der Waals surface area contributed by atoms with Crippen molar-refractivity contribution in [3.05, 3.63) is 35.9 Å². The SMILES string of the molecule is COC(=O)[C@@H](OS(=O)(=O)C(F)(F)F)c1ccccc1. The second kappa shape index (κ2) is 5.57. The Balaban J connectivity index is 3.12. The molecule has 0 bridgehead atoms. The molecule has 0 N–H and O–H groups in total. The van der Waals surface area contributed by atoms with E-state index in [0.717, 1.165) is 7.11 Å². The summed E-state index contributed by atoms with van der Waals surface area (Å²) in [5, 5.41) is 0. The van der Waals surface area contributed by atoms with Crippen molar-refractivity contribution in [2.75, 3.05) is 7.11 Å². The third kappa shape index (κ3) is 3.67. The molecule has 106 valence electrons. The average Bonchev–Trinajstić information content (AvgIpc) is 2.35. The van der Waals surface area contributed by atoms with E-state index >= 15 is 0 Å². The lowest BCUT2D eigenvalue weighted by Gasteiger charge is -2.16. The summed E-state index contributed by atoms with van der Waals surface area (Å²) in [4.78, 5) is 11.3. The Hall–Kier alpha value is -1.61. The summed E-state index contributed by atoms with van der Waals surface area (Å²) in [6, 6.07) is 6.85. The highest BCUT2D eigenvalue weighted by Crippen LogP contribution is 2.30. The van der Waals surface area contributed by atoms with Gasteiger partial charge in [0.05, 0.1) is 7.11 Å². The first-order valence-electron chi connectivity index (χ1n) is 4.81. The quantitative estimate of drug-likeness (QED) is 0.481.